The molecule has 1 aliphatic rings. The summed E-state index contributed by atoms with van der Waals surface area (Å²) in [5.74, 6) is -0.570. The van der Waals surface area contributed by atoms with Crippen LogP contribution in [0, 0.1) is 0 Å². The summed E-state index contributed by atoms with van der Waals surface area (Å²) in [6.45, 7) is 3.74. The maximum Gasteiger partial charge on any atom is 0.472 e. The van der Waals surface area contributed by atoms with Crippen LogP contribution in [0.1, 0.15) is 206 Å². The standard InChI is InChI=1S/C45H88NO12P/c1-3-5-7-9-11-13-14-15-16-17-18-19-20-21-22-23-25-27-29-31-33-38(48)37(46-39(49)34-36(47)32-30-28-26-24-12-10-8-6-4-2)35-57-59(55,56)58-45-43(53)41(51)40(50)42(52)44(45)54/h10,12,36-38,40-45,47-48,50-54H,3-9,11,13-35H2,1-2H3,(H,46,49)(H,55,56)/b12-10-. The van der Waals surface area contributed by atoms with Crippen LogP contribution >= 0.6 is 7.82 Å². The molecule has 350 valence electrons. The van der Waals surface area contributed by atoms with Gasteiger partial charge in [0.05, 0.1) is 31.3 Å². The van der Waals surface area contributed by atoms with Crippen molar-refractivity contribution in [3.63, 3.8) is 0 Å². The highest BCUT2D eigenvalue weighted by atomic mass is 31.2. The molecule has 0 spiro atoms. The first-order valence-electron chi connectivity index (χ1n) is 23.7. The van der Waals surface area contributed by atoms with Gasteiger partial charge in [-0.2, -0.15) is 0 Å². The van der Waals surface area contributed by atoms with Crippen LogP contribution in [0.15, 0.2) is 12.2 Å². The lowest BCUT2D eigenvalue weighted by Gasteiger charge is -2.41. The van der Waals surface area contributed by atoms with Crippen LogP contribution in [0.3, 0.4) is 0 Å². The second-order valence-corrected chi connectivity index (χ2v) is 18.6. The number of phosphoric acid groups is 1. The van der Waals surface area contributed by atoms with Gasteiger partial charge in [0.25, 0.3) is 0 Å². The van der Waals surface area contributed by atoms with Crippen molar-refractivity contribution in [2.75, 3.05) is 6.61 Å². The third kappa shape index (κ3) is 27.7. The Labute approximate surface area is 357 Å². The number of carbonyl (C=O) groups is 1. The topological polar surface area (TPSA) is 226 Å². The van der Waals surface area contributed by atoms with Crippen molar-refractivity contribution in [2.24, 2.45) is 0 Å². The number of nitrogens with one attached hydrogen (secondary N) is 1. The Morgan fingerprint density at radius 3 is 1.44 bits per heavy atom. The number of hydrogen-bond acceptors (Lipinski definition) is 11. The van der Waals surface area contributed by atoms with Crippen molar-refractivity contribution < 1.29 is 59.0 Å². The summed E-state index contributed by atoms with van der Waals surface area (Å²) in [4.78, 5) is 23.4. The summed E-state index contributed by atoms with van der Waals surface area (Å²) in [7, 11) is -5.11. The highest BCUT2D eigenvalue weighted by Gasteiger charge is 2.51. The molecule has 1 saturated carbocycles. The lowest BCUT2D eigenvalue weighted by atomic mass is 9.85. The van der Waals surface area contributed by atoms with Gasteiger partial charge < -0.3 is 46.0 Å². The van der Waals surface area contributed by atoms with Crippen LogP contribution in [-0.2, 0) is 18.4 Å². The largest absolute Gasteiger partial charge is 0.472 e. The predicted octanol–water partition coefficient (Wildman–Crippen LogP) is 7.81. The fraction of sp³-hybridized carbons (Fsp3) is 0.933. The number of allylic oxidation sites excluding steroid dienone is 2. The molecule has 0 radical (unpaired) electrons. The second-order valence-electron chi connectivity index (χ2n) is 17.1. The van der Waals surface area contributed by atoms with Gasteiger partial charge in [-0.15, -0.1) is 0 Å². The van der Waals surface area contributed by atoms with Gasteiger partial charge in [-0.25, -0.2) is 4.57 Å². The molecule has 0 aromatic carbocycles. The molecule has 0 aromatic rings. The van der Waals surface area contributed by atoms with E-state index in [1.165, 1.54) is 109 Å². The minimum absolute atomic E-state index is 0.231. The van der Waals surface area contributed by atoms with E-state index < -0.39 is 75.2 Å². The zero-order valence-corrected chi connectivity index (χ0v) is 37.8. The molecule has 13 nitrogen and oxygen atoms in total. The smallest absolute Gasteiger partial charge is 0.393 e. The van der Waals surface area contributed by atoms with Gasteiger partial charge in [0.2, 0.25) is 5.91 Å². The van der Waals surface area contributed by atoms with E-state index in [1.54, 1.807) is 0 Å². The zero-order chi connectivity index (χ0) is 43.7. The molecule has 0 heterocycles. The van der Waals surface area contributed by atoms with Crippen LogP contribution in [0.5, 0.6) is 0 Å². The first-order valence-corrected chi connectivity index (χ1v) is 25.2. The first kappa shape index (κ1) is 56.1. The SMILES string of the molecule is CCCC/C=C\CCCCCC(O)CC(=O)NC(COP(=O)(O)OC1C(O)C(O)C(O)C(O)C1O)C(O)CCCCCCCCCCCCCCCCCCCCCC. The summed E-state index contributed by atoms with van der Waals surface area (Å²) in [5.41, 5.74) is 0. The average Bonchev–Trinajstić information content (AvgIpc) is 3.21. The Hall–Kier alpha value is -0.960. The van der Waals surface area contributed by atoms with Gasteiger partial charge in [0.1, 0.15) is 36.6 Å². The van der Waals surface area contributed by atoms with Gasteiger partial charge in [0.15, 0.2) is 0 Å². The lowest BCUT2D eigenvalue weighted by Crippen LogP contribution is -2.64. The minimum Gasteiger partial charge on any atom is -0.393 e. The van der Waals surface area contributed by atoms with Gasteiger partial charge in [-0.05, 0) is 32.1 Å². The molecule has 9 N–H and O–H groups in total. The molecule has 0 saturated heterocycles. The second kappa shape index (κ2) is 35.5. The normalized spacial score (nSPS) is 23.6. The summed E-state index contributed by atoms with van der Waals surface area (Å²) in [6.07, 6.45) is 22.8. The van der Waals surface area contributed by atoms with Crippen molar-refractivity contribution >= 4 is 13.7 Å². The Balaban J connectivity index is 2.47. The van der Waals surface area contributed by atoms with Crippen LogP contribution in [0.4, 0.5) is 0 Å². The van der Waals surface area contributed by atoms with Crippen molar-refractivity contribution in [3.05, 3.63) is 12.2 Å². The number of carbonyl (C=O) groups excluding carboxylic acids is 1. The van der Waals surface area contributed by atoms with Crippen molar-refractivity contribution in [1.82, 2.24) is 5.32 Å². The van der Waals surface area contributed by atoms with E-state index in [0.717, 1.165) is 57.8 Å². The number of aliphatic hydroxyl groups is 7. The zero-order valence-electron chi connectivity index (χ0n) is 36.9. The van der Waals surface area contributed by atoms with E-state index in [1.807, 2.05) is 0 Å². The Bertz CT molecular complexity index is 1070. The highest BCUT2D eigenvalue weighted by Crippen LogP contribution is 2.47. The fourth-order valence-electron chi connectivity index (χ4n) is 7.70. The predicted molar refractivity (Wildman–Crippen MR) is 234 cm³/mol. The molecular weight excluding hydrogens is 777 g/mol. The molecule has 14 heteroatoms. The third-order valence-electron chi connectivity index (χ3n) is 11.6. The van der Waals surface area contributed by atoms with E-state index in [0.29, 0.717) is 12.8 Å². The maximum absolute atomic E-state index is 13.0. The molecule has 0 aliphatic heterocycles. The average molecular weight is 866 g/mol. The molecule has 1 fully saturated rings. The number of unbranched alkanes of at least 4 members (excludes halogenated alkanes) is 24. The summed E-state index contributed by atoms with van der Waals surface area (Å²) in [6, 6.07) is -1.15. The minimum atomic E-state index is -5.11. The van der Waals surface area contributed by atoms with Gasteiger partial charge in [-0.3, -0.25) is 13.8 Å². The lowest BCUT2D eigenvalue weighted by molar-refractivity contribution is -0.220. The molecule has 8 unspecified atom stereocenters. The van der Waals surface area contributed by atoms with Crippen LogP contribution in [0.2, 0.25) is 0 Å². The summed E-state index contributed by atoms with van der Waals surface area (Å²) < 4.78 is 22.9. The number of phosphoric ester groups is 1. The summed E-state index contributed by atoms with van der Waals surface area (Å²) in [5, 5.41) is 74.5. The molecule has 1 aliphatic carbocycles. The maximum atomic E-state index is 13.0. The molecule has 59 heavy (non-hydrogen) atoms. The Morgan fingerprint density at radius 2 is 0.966 bits per heavy atom. The molecule has 0 bridgehead atoms. The van der Waals surface area contributed by atoms with Gasteiger partial charge in [-0.1, -0.05) is 180 Å². The van der Waals surface area contributed by atoms with Crippen molar-refractivity contribution in [1.29, 1.82) is 0 Å². The summed E-state index contributed by atoms with van der Waals surface area (Å²) >= 11 is 0. The first-order chi connectivity index (χ1) is 28.3. The Kier molecular flexibility index (Phi) is 33.7. The molecule has 0 aromatic heterocycles. The Morgan fingerprint density at radius 1 is 0.576 bits per heavy atom. The quantitative estimate of drug-likeness (QED) is 0.0164. The van der Waals surface area contributed by atoms with Crippen LogP contribution in [-0.4, -0.2) is 108 Å². The van der Waals surface area contributed by atoms with E-state index in [2.05, 4.69) is 31.3 Å². The molecule has 1 rings (SSSR count). The molecular formula is C45H88NO12P. The number of hydrogen-bond donors (Lipinski definition) is 9. The number of aliphatic hydroxyl groups excluding tert-OH is 7. The highest BCUT2D eigenvalue weighted by molar-refractivity contribution is 7.47. The van der Waals surface area contributed by atoms with Crippen LogP contribution < -0.4 is 5.32 Å². The van der Waals surface area contributed by atoms with E-state index in [4.69, 9.17) is 9.05 Å². The van der Waals surface area contributed by atoms with E-state index >= 15 is 0 Å². The van der Waals surface area contributed by atoms with E-state index in [9.17, 15) is 50.0 Å². The van der Waals surface area contributed by atoms with Crippen molar-refractivity contribution in [2.45, 2.75) is 261 Å². The monoisotopic (exact) mass is 866 g/mol. The van der Waals surface area contributed by atoms with Crippen molar-refractivity contribution in [3.8, 4) is 0 Å². The van der Waals surface area contributed by atoms with E-state index in [-0.39, 0.29) is 12.8 Å². The van der Waals surface area contributed by atoms with Gasteiger partial charge in [0, 0.05) is 0 Å². The molecule has 8 atom stereocenters. The molecule has 1 amide bonds. The van der Waals surface area contributed by atoms with Gasteiger partial charge >= 0.3 is 7.82 Å². The fourth-order valence-corrected chi connectivity index (χ4v) is 8.66. The van der Waals surface area contributed by atoms with Crippen LogP contribution in [0.25, 0.3) is 0 Å². The number of rotatable bonds is 39. The number of amides is 1. The third-order valence-corrected chi connectivity index (χ3v) is 12.6.